The van der Waals surface area contributed by atoms with Gasteiger partial charge in [0.25, 0.3) is 0 Å². The summed E-state index contributed by atoms with van der Waals surface area (Å²) in [4.78, 5) is 19.2. The first-order chi connectivity index (χ1) is 11.1. The van der Waals surface area contributed by atoms with Gasteiger partial charge in [-0.15, -0.1) is 0 Å². The van der Waals surface area contributed by atoms with Crippen LogP contribution in [-0.2, 0) is 4.74 Å². The average molecular weight is 459 g/mol. The highest BCUT2D eigenvalue weighted by atomic mass is 127. The van der Waals surface area contributed by atoms with E-state index in [0.29, 0.717) is 16.4 Å². The van der Waals surface area contributed by atoms with E-state index in [2.05, 4.69) is 38.3 Å². The monoisotopic (exact) mass is 459 g/mol. The lowest BCUT2D eigenvalue weighted by Crippen LogP contribution is -3.00. The third kappa shape index (κ3) is 4.27. The Morgan fingerprint density at radius 2 is 1.92 bits per heavy atom. The molecule has 2 bridgehead atoms. The maximum absolute atomic E-state index is 12.6. The van der Waals surface area contributed by atoms with E-state index >= 15 is 0 Å². The molecule has 1 amide bonds. The van der Waals surface area contributed by atoms with Crippen LogP contribution in [0.3, 0.4) is 0 Å². The molecule has 6 heteroatoms. The second-order valence-electron chi connectivity index (χ2n) is 8.99. The predicted octanol–water partition coefficient (Wildman–Crippen LogP) is 0.538. The van der Waals surface area contributed by atoms with Crippen molar-refractivity contribution in [3.05, 3.63) is 23.9 Å². The third-order valence-corrected chi connectivity index (χ3v) is 5.03. The largest absolute Gasteiger partial charge is 1.00 e. The summed E-state index contributed by atoms with van der Waals surface area (Å²) < 4.78 is 6.33. The van der Waals surface area contributed by atoms with E-state index in [-0.39, 0.29) is 36.1 Å². The number of hydrogen-bond donors (Lipinski definition) is 0. The molecule has 1 aromatic rings. The summed E-state index contributed by atoms with van der Waals surface area (Å²) in [6.07, 6.45) is 5.01. The molecule has 3 atom stereocenters. The normalized spacial score (nSPS) is 25.7. The van der Waals surface area contributed by atoms with E-state index in [4.69, 9.17) is 4.74 Å². The molecule has 2 fully saturated rings. The molecule has 5 nitrogen and oxygen atoms in total. The van der Waals surface area contributed by atoms with Gasteiger partial charge in [0, 0.05) is 30.3 Å². The van der Waals surface area contributed by atoms with E-state index in [1.54, 1.807) is 0 Å². The molecule has 0 spiro atoms. The molecule has 2 aliphatic heterocycles. The SMILES string of the molecule is CC(C)(C)OC(=O)N1[C@H]2CC[C@@H]1[C@@H](c1ccc([N+](C)(C)C)nc1)C2.[I-]. The standard InChI is InChI=1S/C19H30N3O2.HI/c1-19(2,3)24-18(23)21-14-8-9-16(21)15(11-14)13-7-10-17(20-12-13)22(4,5)6;/h7,10,12,14-16H,8-9,11H2,1-6H3;1H/q+1;/p-1/t14-,15+,16+;/m0./s1. The van der Waals surface area contributed by atoms with Crippen LogP contribution >= 0.6 is 0 Å². The number of carbonyl (C=O) groups excluding carboxylic acids is 1. The van der Waals surface area contributed by atoms with Gasteiger partial charge >= 0.3 is 6.09 Å². The summed E-state index contributed by atoms with van der Waals surface area (Å²) in [5.74, 6) is 1.43. The molecule has 140 valence electrons. The molecule has 0 aliphatic carbocycles. The van der Waals surface area contributed by atoms with Crippen LogP contribution in [0.4, 0.5) is 10.6 Å². The van der Waals surface area contributed by atoms with Crippen LogP contribution < -0.4 is 28.5 Å². The van der Waals surface area contributed by atoms with Gasteiger partial charge in [0.05, 0.1) is 21.1 Å². The Balaban J connectivity index is 0.00000225. The average Bonchev–Trinajstić information content (AvgIpc) is 3.02. The Morgan fingerprint density at radius 1 is 1.24 bits per heavy atom. The van der Waals surface area contributed by atoms with Crippen molar-refractivity contribution < 1.29 is 33.5 Å². The first kappa shape index (κ1) is 20.4. The molecular weight excluding hydrogens is 429 g/mol. The summed E-state index contributed by atoms with van der Waals surface area (Å²) in [5.41, 5.74) is 0.801. The molecular formula is C19H30IN3O2. The van der Waals surface area contributed by atoms with Gasteiger partial charge < -0.3 is 33.6 Å². The molecule has 0 saturated carbocycles. The maximum Gasteiger partial charge on any atom is 0.410 e. The van der Waals surface area contributed by atoms with E-state index in [9.17, 15) is 4.79 Å². The molecule has 25 heavy (non-hydrogen) atoms. The number of halogens is 1. The van der Waals surface area contributed by atoms with Crippen LogP contribution in [0.1, 0.15) is 51.5 Å². The van der Waals surface area contributed by atoms with Crippen molar-refractivity contribution in [2.75, 3.05) is 21.1 Å². The molecule has 1 aromatic heterocycles. The summed E-state index contributed by atoms with van der Waals surface area (Å²) in [6, 6.07) is 4.86. The fourth-order valence-electron chi connectivity index (χ4n) is 3.96. The lowest BCUT2D eigenvalue weighted by atomic mass is 9.84. The molecule has 0 radical (unpaired) electrons. The molecule has 2 aliphatic rings. The number of pyridine rings is 1. The van der Waals surface area contributed by atoms with Gasteiger partial charge in [0.15, 0.2) is 0 Å². The van der Waals surface area contributed by atoms with Gasteiger partial charge in [0.2, 0.25) is 5.82 Å². The Bertz CT molecular complexity index is 619. The van der Waals surface area contributed by atoms with Gasteiger partial charge in [0.1, 0.15) is 5.60 Å². The fraction of sp³-hybridized carbons (Fsp3) is 0.684. The molecule has 2 saturated heterocycles. The first-order valence-corrected chi connectivity index (χ1v) is 8.85. The topological polar surface area (TPSA) is 42.4 Å². The Hall–Kier alpha value is -0.890. The zero-order chi connectivity index (χ0) is 17.7. The van der Waals surface area contributed by atoms with Gasteiger partial charge in [-0.1, -0.05) is 0 Å². The zero-order valence-electron chi connectivity index (χ0n) is 16.1. The van der Waals surface area contributed by atoms with Gasteiger partial charge in [-0.25, -0.2) is 9.78 Å². The number of carbonyl (C=O) groups is 1. The van der Waals surface area contributed by atoms with Gasteiger partial charge in [-0.2, -0.15) is 0 Å². The van der Waals surface area contributed by atoms with Crippen molar-refractivity contribution in [3.63, 3.8) is 0 Å². The molecule has 0 N–H and O–H groups in total. The number of aromatic nitrogens is 1. The van der Waals surface area contributed by atoms with Crippen LogP contribution in [0.5, 0.6) is 0 Å². The summed E-state index contributed by atoms with van der Waals surface area (Å²) in [6.45, 7) is 5.77. The van der Waals surface area contributed by atoms with Crippen molar-refractivity contribution in [1.82, 2.24) is 14.4 Å². The molecule has 0 unspecified atom stereocenters. The Kier molecular flexibility index (Phi) is 5.74. The van der Waals surface area contributed by atoms with Crippen LogP contribution in [0.15, 0.2) is 18.3 Å². The van der Waals surface area contributed by atoms with Crippen molar-refractivity contribution in [2.45, 2.75) is 63.6 Å². The van der Waals surface area contributed by atoms with Gasteiger partial charge in [-0.3, -0.25) is 4.48 Å². The zero-order valence-corrected chi connectivity index (χ0v) is 18.3. The fourth-order valence-corrected chi connectivity index (χ4v) is 3.96. The molecule has 3 heterocycles. The minimum Gasteiger partial charge on any atom is -1.00 e. The third-order valence-electron chi connectivity index (χ3n) is 5.03. The summed E-state index contributed by atoms with van der Waals surface area (Å²) in [5, 5.41) is 0. The van der Waals surface area contributed by atoms with Crippen LogP contribution in [-0.4, -0.2) is 54.8 Å². The van der Waals surface area contributed by atoms with Crippen molar-refractivity contribution >= 4 is 11.9 Å². The molecule has 0 aromatic carbocycles. The van der Waals surface area contributed by atoms with Crippen LogP contribution in [0, 0.1) is 0 Å². The van der Waals surface area contributed by atoms with E-state index in [1.165, 1.54) is 5.56 Å². The highest BCUT2D eigenvalue weighted by Gasteiger charge is 2.50. The van der Waals surface area contributed by atoms with Crippen LogP contribution in [0.25, 0.3) is 0 Å². The smallest absolute Gasteiger partial charge is 0.410 e. The Labute approximate surface area is 168 Å². The van der Waals surface area contributed by atoms with Gasteiger partial charge in [-0.05, 0) is 51.7 Å². The summed E-state index contributed by atoms with van der Waals surface area (Å²) in [7, 11) is 6.34. The second kappa shape index (κ2) is 7.02. The number of ether oxygens (including phenoxy) is 1. The van der Waals surface area contributed by atoms with Crippen molar-refractivity contribution in [2.24, 2.45) is 0 Å². The van der Waals surface area contributed by atoms with Crippen molar-refractivity contribution in [3.8, 4) is 0 Å². The Morgan fingerprint density at radius 3 is 2.44 bits per heavy atom. The van der Waals surface area contributed by atoms with Crippen LogP contribution in [0.2, 0.25) is 0 Å². The van der Waals surface area contributed by atoms with E-state index in [1.807, 2.05) is 31.9 Å². The molecule has 3 rings (SSSR count). The lowest BCUT2D eigenvalue weighted by molar-refractivity contribution is -0.0000587. The number of hydrogen-bond acceptors (Lipinski definition) is 3. The second-order valence-corrected chi connectivity index (χ2v) is 8.99. The number of quaternary nitrogens is 1. The predicted molar refractivity (Wildman–Crippen MR) is 96.0 cm³/mol. The quantitative estimate of drug-likeness (QED) is 0.479. The minimum atomic E-state index is -0.442. The first-order valence-electron chi connectivity index (χ1n) is 8.85. The number of nitrogens with zero attached hydrogens (tertiary/aromatic N) is 3. The summed E-state index contributed by atoms with van der Waals surface area (Å²) >= 11 is 0. The number of rotatable bonds is 2. The maximum atomic E-state index is 12.6. The highest BCUT2D eigenvalue weighted by Crippen LogP contribution is 2.47. The van der Waals surface area contributed by atoms with E-state index in [0.717, 1.165) is 25.1 Å². The minimum absolute atomic E-state index is 0. The number of amides is 1. The lowest BCUT2D eigenvalue weighted by Gasteiger charge is -2.28. The highest BCUT2D eigenvalue weighted by molar-refractivity contribution is 5.70. The number of fused-ring (bicyclic) bond motifs is 2. The van der Waals surface area contributed by atoms with E-state index < -0.39 is 5.60 Å². The van der Waals surface area contributed by atoms with Crippen molar-refractivity contribution in [1.29, 1.82) is 0 Å².